The molecule has 64 valence electrons. The molecular formula is CH12N6O3. The minimum atomic E-state index is -2.33. The lowest BCUT2D eigenvalue weighted by Gasteiger charge is -1.96. The Morgan fingerprint density at radius 3 is 1.10 bits per heavy atom. The molecule has 0 aliphatic rings. The lowest BCUT2D eigenvalue weighted by molar-refractivity contribution is -0.415. The molecule has 0 bridgehead atoms. The summed E-state index contributed by atoms with van der Waals surface area (Å²) in [5.74, 6) is 0. The van der Waals surface area contributed by atoms with Crippen molar-refractivity contribution in [3.63, 3.8) is 0 Å². The summed E-state index contributed by atoms with van der Waals surface area (Å²) >= 11 is 0. The Morgan fingerprint density at radius 2 is 1.10 bits per heavy atom. The zero-order valence-electron chi connectivity index (χ0n) is 6.07. The van der Waals surface area contributed by atoms with Crippen LogP contribution in [-0.2, 0) is 0 Å². The molecule has 12 N–H and O–H groups in total. The molecule has 9 nitrogen and oxygen atoms in total. The van der Waals surface area contributed by atoms with E-state index >= 15 is 0 Å². The third kappa shape index (κ3) is 81.2. The Morgan fingerprint density at radius 1 is 1.10 bits per heavy atom. The number of carbonyl (C=O) groups excluding carboxylic acids is 1. The van der Waals surface area contributed by atoms with Gasteiger partial charge in [-0.05, 0) is 6.16 Å². The largest absolute Gasteiger partial charge is 0.652 e. The molecule has 0 heterocycles. The first-order valence-electron chi connectivity index (χ1n) is 1.01. The Labute approximate surface area is 56.8 Å². The molecular weight excluding hydrogens is 144 g/mol. The average molecular weight is 156 g/mol. The minimum absolute atomic E-state index is 0. The van der Waals surface area contributed by atoms with Crippen LogP contribution in [0.4, 0.5) is 4.79 Å². The normalized spacial score (nSPS) is 3.20. The molecule has 9 heteroatoms. The second kappa shape index (κ2) is 51.4. The summed E-state index contributed by atoms with van der Waals surface area (Å²) in [7, 11) is 0. The lowest BCUT2D eigenvalue weighted by atomic mass is 11.5. The number of nitrogens with zero attached hydrogens (tertiary/aromatic N) is 3. The summed E-state index contributed by atoms with van der Waals surface area (Å²) in [4.78, 5) is 9.83. The van der Waals surface area contributed by atoms with Crippen molar-refractivity contribution in [1.29, 1.82) is 0 Å². The summed E-state index contributed by atoms with van der Waals surface area (Å²) in [6.07, 6.45) is -2.33. The zero-order valence-corrected chi connectivity index (χ0v) is 6.07. The maximum absolute atomic E-state index is 8.33. The molecule has 0 amide bonds. The summed E-state index contributed by atoms with van der Waals surface area (Å²) in [5, 5.41) is 16.7. The maximum atomic E-state index is 8.33. The van der Waals surface area contributed by atoms with Crippen LogP contribution in [0.2, 0.25) is 0 Å². The third-order valence-electron chi connectivity index (χ3n) is 0. The molecule has 0 atom stereocenters. The van der Waals surface area contributed by atoms with E-state index in [0.717, 1.165) is 0 Å². The molecule has 0 saturated carbocycles. The van der Waals surface area contributed by atoms with Crippen LogP contribution >= 0.6 is 0 Å². The molecule has 0 aliphatic heterocycles. The van der Waals surface area contributed by atoms with E-state index in [1.807, 2.05) is 0 Å². The van der Waals surface area contributed by atoms with Gasteiger partial charge >= 0.3 is 0 Å². The number of quaternary nitrogens is 3. The number of carboxylic acid groups (broad SMARTS) is 2. The van der Waals surface area contributed by atoms with E-state index in [-0.39, 0.29) is 18.5 Å². The zero-order chi connectivity index (χ0) is 6.28. The van der Waals surface area contributed by atoms with E-state index in [9.17, 15) is 0 Å². The van der Waals surface area contributed by atoms with Crippen molar-refractivity contribution in [3.8, 4) is 0 Å². The van der Waals surface area contributed by atoms with Gasteiger partial charge in [0, 0.05) is 0 Å². The topological polar surface area (TPSA) is 231 Å². The fourth-order valence-electron chi connectivity index (χ4n) is 0. The highest BCUT2D eigenvalue weighted by Crippen LogP contribution is 1.29. The Kier molecular flexibility index (Phi) is 202. The quantitative estimate of drug-likeness (QED) is 0.240. The van der Waals surface area contributed by atoms with Crippen molar-refractivity contribution in [2.24, 2.45) is 0 Å². The predicted octanol–water partition coefficient (Wildman–Crippen LogP) is -0.452. The van der Waals surface area contributed by atoms with Gasteiger partial charge in [-0.25, -0.2) is 0 Å². The lowest BCUT2D eigenvalue weighted by Crippen LogP contribution is -2.37. The molecule has 0 fully saturated rings. The van der Waals surface area contributed by atoms with Gasteiger partial charge in [0.1, 0.15) is 0 Å². The monoisotopic (exact) mass is 156 g/mol. The average Bonchev–Trinajstić information content (AvgIpc) is 1.33. The van der Waals surface area contributed by atoms with E-state index in [4.69, 9.17) is 26.1 Å². The van der Waals surface area contributed by atoms with Crippen molar-refractivity contribution >= 4 is 6.16 Å². The second-order valence-electron chi connectivity index (χ2n) is 0.339. The van der Waals surface area contributed by atoms with Gasteiger partial charge in [0.2, 0.25) is 0 Å². The van der Waals surface area contributed by atoms with Gasteiger partial charge in [0.25, 0.3) is 0 Å². The predicted molar refractivity (Wildman–Crippen MR) is 33.4 cm³/mol. The van der Waals surface area contributed by atoms with Gasteiger partial charge in [-0.1, -0.05) is 0 Å². The summed E-state index contributed by atoms with van der Waals surface area (Å²) in [6, 6.07) is 0. The summed E-state index contributed by atoms with van der Waals surface area (Å²) in [6.45, 7) is 0. The van der Waals surface area contributed by atoms with Gasteiger partial charge in [-0.2, -0.15) is 0 Å². The van der Waals surface area contributed by atoms with Crippen molar-refractivity contribution in [2.45, 2.75) is 0 Å². The van der Waals surface area contributed by atoms with E-state index < -0.39 is 6.16 Å². The Hall–Kier alpha value is -1.54. The fraction of sp³-hybridized carbons (Fsp3) is 0. The van der Waals surface area contributed by atoms with Crippen LogP contribution in [0.25, 0.3) is 16.0 Å². The first kappa shape index (κ1) is 39.3. The first-order valence-corrected chi connectivity index (χ1v) is 1.01. The van der Waals surface area contributed by atoms with E-state index in [1.165, 1.54) is 4.91 Å². The van der Waals surface area contributed by atoms with Crippen molar-refractivity contribution in [2.75, 3.05) is 0 Å². The van der Waals surface area contributed by atoms with Crippen LogP contribution in [0.3, 0.4) is 0 Å². The highest BCUT2D eigenvalue weighted by atomic mass is 16.6. The van der Waals surface area contributed by atoms with Gasteiger partial charge < -0.3 is 44.5 Å². The Balaban J connectivity index is -0.0000000131. The molecule has 0 spiro atoms. The molecule has 0 aliphatic carbocycles. The fourth-order valence-corrected chi connectivity index (χ4v) is 0. The van der Waals surface area contributed by atoms with Crippen molar-refractivity contribution < 1.29 is 15.0 Å². The van der Waals surface area contributed by atoms with Crippen molar-refractivity contribution in [1.82, 2.24) is 18.5 Å². The molecule has 0 aromatic rings. The van der Waals surface area contributed by atoms with Crippen LogP contribution in [0.5, 0.6) is 0 Å². The minimum Gasteiger partial charge on any atom is -0.652 e. The van der Waals surface area contributed by atoms with Crippen LogP contribution in [0.15, 0.2) is 0 Å². The number of rotatable bonds is 0. The van der Waals surface area contributed by atoms with Gasteiger partial charge in [0.05, 0.1) is 0 Å². The van der Waals surface area contributed by atoms with Crippen molar-refractivity contribution in [3.05, 3.63) is 16.0 Å². The van der Waals surface area contributed by atoms with Gasteiger partial charge in [-0.15, -0.1) is 0 Å². The number of carbonyl (C=O) groups is 1. The third-order valence-corrected chi connectivity index (χ3v) is 0. The molecule has 0 rings (SSSR count). The molecule has 0 unspecified atom stereocenters. The summed E-state index contributed by atoms with van der Waals surface area (Å²) < 4.78 is 0. The van der Waals surface area contributed by atoms with E-state index in [1.54, 1.807) is 0 Å². The Bertz CT molecular complexity index is 81.0. The maximum Gasteiger partial charge on any atom is -0.0431 e. The SMILES string of the molecule is O=C([O-])[O-].[N-]=[N+]=[N-].[NH4+].[NH4+].[NH4+]. The summed E-state index contributed by atoms with van der Waals surface area (Å²) in [5.41, 5.74) is 13.5. The van der Waals surface area contributed by atoms with Gasteiger partial charge in [-0.3, -0.25) is 4.91 Å². The van der Waals surface area contributed by atoms with Crippen LogP contribution in [0.1, 0.15) is 0 Å². The van der Waals surface area contributed by atoms with Crippen LogP contribution < -0.4 is 28.7 Å². The van der Waals surface area contributed by atoms with Crippen LogP contribution in [-0.4, -0.2) is 6.16 Å². The molecule has 10 heavy (non-hydrogen) atoms. The molecule has 0 saturated heterocycles. The number of hydrogen-bond acceptors (Lipinski definition) is 3. The molecule has 0 radical (unpaired) electrons. The highest BCUT2D eigenvalue weighted by Gasteiger charge is 1.26. The first-order chi connectivity index (χ1) is 3.15. The van der Waals surface area contributed by atoms with Gasteiger partial charge in [0.15, 0.2) is 0 Å². The smallest absolute Gasteiger partial charge is 0.0431 e. The van der Waals surface area contributed by atoms with Crippen LogP contribution in [0, 0.1) is 0 Å². The highest BCUT2D eigenvalue weighted by molar-refractivity contribution is 5.47. The molecule has 0 aromatic carbocycles. The van der Waals surface area contributed by atoms with E-state index in [0.29, 0.717) is 0 Å². The molecule has 0 aromatic heterocycles. The van der Waals surface area contributed by atoms with E-state index in [2.05, 4.69) is 0 Å². The standard InChI is InChI=1S/CH2O3.N3.3H3N/c2-1(3)4;1-3-2;;;/h(H2,2,3,4);;3*1H3/q;-1;;;/p+1. The second-order valence-corrected chi connectivity index (χ2v) is 0.339. The number of hydrogen-bond donors (Lipinski definition) is 3.